The molecule has 1 heterocycles. The molecule has 2 N–H and O–H groups in total. The van der Waals surface area contributed by atoms with Gasteiger partial charge >= 0.3 is 0 Å². The molecule has 88 valence electrons. The van der Waals surface area contributed by atoms with Gasteiger partial charge in [-0.1, -0.05) is 15.9 Å². The van der Waals surface area contributed by atoms with Crippen LogP contribution < -0.4 is 5.32 Å². The first-order chi connectivity index (χ1) is 7.61. The van der Waals surface area contributed by atoms with E-state index < -0.39 is 0 Å². The zero-order valence-corrected chi connectivity index (χ0v) is 13.0. The monoisotopic (exact) mass is 413 g/mol. The summed E-state index contributed by atoms with van der Waals surface area (Å²) in [5.74, 6) is 0.213. The van der Waals surface area contributed by atoms with E-state index in [0.29, 0.717) is 15.6 Å². The standard InChI is InChI=1S/C10H10Br3NO2/c11-5-3-6(12)10(15)9(13)8(5)7-4-16-2-1-14-7/h3,7,14-15H,1-2,4H2/t7-/m1/s1. The number of benzene rings is 1. The molecule has 0 spiro atoms. The second-order valence-electron chi connectivity index (χ2n) is 3.50. The van der Waals surface area contributed by atoms with E-state index in [4.69, 9.17) is 4.74 Å². The number of rotatable bonds is 1. The predicted molar refractivity (Wildman–Crippen MR) is 72.8 cm³/mol. The fourth-order valence-corrected chi connectivity index (χ4v) is 4.34. The van der Waals surface area contributed by atoms with Gasteiger partial charge in [0.15, 0.2) is 0 Å². The lowest BCUT2D eigenvalue weighted by atomic mass is 10.1. The molecule has 1 fully saturated rings. The minimum atomic E-state index is 0.0940. The molecule has 0 radical (unpaired) electrons. The Morgan fingerprint density at radius 3 is 2.69 bits per heavy atom. The van der Waals surface area contributed by atoms with Crippen molar-refractivity contribution in [2.45, 2.75) is 6.04 Å². The smallest absolute Gasteiger partial charge is 0.144 e. The minimum Gasteiger partial charge on any atom is -0.506 e. The number of phenols is 1. The molecule has 16 heavy (non-hydrogen) atoms. The minimum absolute atomic E-state index is 0.0940. The second-order valence-corrected chi connectivity index (χ2v) is 6.00. The van der Waals surface area contributed by atoms with Crippen molar-refractivity contribution in [3.8, 4) is 5.75 Å². The number of aromatic hydroxyl groups is 1. The van der Waals surface area contributed by atoms with E-state index in [2.05, 4.69) is 53.1 Å². The van der Waals surface area contributed by atoms with Crippen molar-refractivity contribution < 1.29 is 9.84 Å². The molecule has 1 saturated heterocycles. The molecule has 0 aliphatic carbocycles. The van der Waals surface area contributed by atoms with Crippen LogP contribution in [0, 0.1) is 0 Å². The molecule has 3 nitrogen and oxygen atoms in total. The molecule has 0 bridgehead atoms. The number of hydrogen-bond donors (Lipinski definition) is 2. The first-order valence-electron chi connectivity index (χ1n) is 4.78. The first-order valence-corrected chi connectivity index (χ1v) is 7.16. The number of halogens is 3. The molecule has 1 aliphatic heterocycles. The van der Waals surface area contributed by atoms with Gasteiger partial charge in [0.1, 0.15) is 5.75 Å². The Bertz CT molecular complexity index is 406. The highest BCUT2D eigenvalue weighted by molar-refractivity contribution is 9.11. The van der Waals surface area contributed by atoms with Crippen LogP contribution in [0.3, 0.4) is 0 Å². The Balaban J connectivity index is 2.42. The quantitative estimate of drug-likeness (QED) is 0.739. The van der Waals surface area contributed by atoms with Gasteiger partial charge in [-0.2, -0.15) is 0 Å². The Morgan fingerprint density at radius 1 is 1.31 bits per heavy atom. The molecule has 6 heteroatoms. The van der Waals surface area contributed by atoms with Crippen molar-refractivity contribution in [2.24, 2.45) is 0 Å². The lowest BCUT2D eigenvalue weighted by molar-refractivity contribution is 0.0764. The maximum absolute atomic E-state index is 9.86. The summed E-state index contributed by atoms with van der Waals surface area (Å²) in [7, 11) is 0. The number of morpholine rings is 1. The maximum atomic E-state index is 9.86. The SMILES string of the molecule is Oc1c(Br)cc(Br)c([C@H]2COCCN2)c1Br. The Morgan fingerprint density at radius 2 is 2.06 bits per heavy atom. The molecule has 2 rings (SSSR count). The molecule has 0 aromatic heterocycles. The molecule has 0 amide bonds. The van der Waals surface area contributed by atoms with E-state index in [1.165, 1.54) is 0 Å². The number of hydrogen-bond acceptors (Lipinski definition) is 3. The van der Waals surface area contributed by atoms with Crippen LogP contribution >= 0.6 is 47.8 Å². The summed E-state index contributed by atoms with van der Waals surface area (Å²) in [6, 6.07) is 1.93. The lowest BCUT2D eigenvalue weighted by Gasteiger charge is -2.26. The third kappa shape index (κ3) is 2.46. The number of nitrogens with one attached hydrogen (secondary N) is 1. The van der Waals surface area contributed by atoms with Crippen LogP contribution in [0.4, 0.5) is 0 Å². The van der Waals surface area contributed by atoms with Gasteiger partial charge in [0.25, 0.3) is 0 Å². The van der Waals surface area contributed by atoms with Gasteiger partial charge in [-0.15, -0.1) is 0 Å². The molecular formula is C10H10Br3NO2. The fraction of sp³-hybridized carbons (Fsp3) is 0.400. The molecule has 0 unspecified atom stereocenters. The van der Waals surface area contributed by atoms with Crippen LogP contribution in [0.2, 0.25) is 0 Å². The van der Waals surface area contributed by atoms with Gasteiger partial charge in [0, 0.05) is 16.6 Å². The number of phenolic OH excluding ortho intramolecular Hbond substituents is 1. The summed E-state index contributed by atoms with van der Waals surface area (Å²) in [6.07, 6.45) is 0. The molecule has 1 aromatic rings. The van der Waals surface area contributed by atoms with E-state index in [1.807, 2.05) is 6.07 Å². The second kappa shape index (κ2) is 5.35. The van der Waals surface area contributed by atoms with E-state index in [-0.39, 0.29) is 11.8 Å². The molecule has 1 aromatic carbocycles. The lowest BCUT2D eigenvalue weighted by Crippen LogP contribution is -2.35. The highest BCUT2D eigenvalue weighted by atomic mass is 79.9. The summed E-state index contributed by atoms with van der Waals surface area (Å²) in [6.45, 7) is 2.16. The third-order valence-electron chi connectivity index (χ3n) is 2.45. The van der Waals surface area contributed by atoms with Gasteiger partial charge < -0.3 is 15.2 Å². The van der Waals surface area contributed by atoms with Crippen LogP contribution in [-0.4, -0.2) is 24.9 Å². The predicted octanol–water partition coefficient (Wildman–Crippen LogP) is 3.34. The van der Waals surface area contributed by atoms with Crippen LogP contribution in [0.15, 0.2) is 19.5 Å². The van der Waals surface area contributed by atoms with Crippen molar-refractivity contribution in [1.29, 1.82) is 0 Å². The zero-order chi connectivity index (χ0) is 11.7. The average molecular weight is 416 g/mol. The Hall–Kier alpha value is 0.380. The molecular weight excluding hydrogens is 406 g/mol. The topological polar surface area (TPSA) is 41.5 Å². The summed E-state index contributed by atoms with van der Waals surface area (Å²) in [5.41, 5.74) is 0.986. The van der Waals surface area contributed by atoms with Crippen LogP contribution in [0.25, 0.3) is 0 Å². The summed E-state index contributed by atoms with van der Waals surface area (Å²) in [5, 5.41) is 13.2. The van der Waals surface area contributed by atoms with Crippen molar-refractivity contribution in [3.05, 3.63) is 25.0 Å². The van der Waals surface area contributed by atoms with Gasteiger partial charge in [0.2, 0.25) is 0 Å². The largest absolute Gasteiger partial charge is 0.506 e. The highest BCUT2D eigenvalue weighted by Crippen LogP contribution is 2.42. The van der Waals surface area contributed by atoms with Crippen LogP contribution in [0.1, 0.15) is 11.6 Å². The van der Waals surface area contributed by atoms with Crippen LogP contribution in [-0.2, 0) is 4.74 Å². The molecule has 1 atom stereocenters. The van der Waals surface area contributed by atoms with Crippen molar-refractivity contribution in [1.82, 2.24) is 5.32 Å². The van der Waals surface area contributed by atoms with Crippen LogP contribution in [0.5, 0.6) is 5.75 Å². The van der Waals surface area contributed by atoms with Crippen molar-refractivity contribution in [3.63, 3.8) is 0 Å². The van der Waals surface area contributed by atoms with E-state index in [9.17, 15) is 5.11 Å². The molecule has 0 saturated carbocycles. The van der Waals surface area contributed by atoms with E-state index in [1.54, 1.807) is 0 Å². The third-order valence-corrected chi connectivity index (χ3v) is 4.51. The maximum Gasteiger partial charge on any atom is 0.144 e. The summed E-state index contributed by atoms with van der Waals surface area (Å²) in [4.78, 5) is 0. The summed E-state index contributed by atoms with van der Waals surface area (Å²) >= 11 is 10.2. The summed E-state index contributed by atoms with van der Waals surface area (Å²) < 4.78 is 7.71. The highest BCUT2D eigenvalue weighted by Gasteiger charge is 2.23. The Labute approximate surface area is 119 Å². The van der Waals surface area contributed by atoms with Crippen molar-refractivity contribution in [2.75, 3.05) is 19.8 Å². The average Bonchev–Trinajstić information content (AvgIpc) is 2.28. The first kappa shape index (κ1) is 12.8. The van der Waals surface area contributed by atoms with Crippen molar-refractivity contribution >= 4 is 47.8 Å². The van der Waals surface area contributed by atoms with Gasteiger partial charge in [-0.25, -0.2) is 0 Å². The fourth-order valence-electron chi connectivity index (χ4n) is 1.66. The van der Waals surface area contributed by atoms with Gasteiger partial charge in [-0.3, -0.25) is 0 Å². The van der Waals surface area contributed by atoms with Gasteiger partial charge in [-0.05, 0) is 37.9 Å². The van der Waals surface area contributed by atoms with E-state index in [0.717, 1.165) is 23.2 Å². The zero-order valence-electron chi connectivity index (χ0n) is 8.27. The number of ether oxygens (including phenoxy) is 1. The molecule has 1 aliphatic rings. The van der Waals surface area contributed by atoms with Gasteiger partial charge in [0.05, 0.1) is 28.2 Å². The van der Waals surface area contributed by atoms with E-state index >= 15 is 0 Å². The Kier molecular flexibility index (Phi) is 4.29. The normalized spacial score (nSPS) is 21.1.